The molecule has 24 heavy (non-hydrogen) atoms. The van der Waals surface area contributed by atoms with Gasteiger partial charge in [-0.2, -0.15) is 5.26 Å². The molecule has 7 nitrogen and oxygen atoms in total. The molecule has 1 atom stereocenters. The zero-order valence-corrected chi connectivity index (χ0v) is 13.2. The van der Waals surface area contributed by atoms with Crippen LogP contribution in [0.15, 0.2) is 27.8 Å². The summed E-state index contributed by atoms with van der Waals surface area (Å²) in [4.78, 5) is 24.2. The summed E-state index contributed by atoms with van der Waals surface area (Å²) in [6, 6.07) is 6.03. The van der Waals surface area contributed by atoms with Crippen molar-refractivity contribution in [2.24, 2.45) is 14.1 Å². The molecule has 124 valence electrons. The second-order valence-corrected chi connectivity index (χ2v) is 5.53. The average molecular weight is 330 g/mol. The molecule has 0 aliphatic carbocycles. The van der Waals surface area contributed by atoms with Gasteiger partial charge in [0, 0.05) is 26.1 Å². The van der Waals surface area contributed by atoms with Gasteiger partial charge in [0.1, 0.15) is 11.9 Å². The second-order valence-electron chi connectivity index (χ2n) is 5.53. The van der Waals surface area contributed by atoms with Gasteiger partial charge in [-0.25, -0.2) is 9.18 Å². The summed E-state index contributed by atoms with van der Waals surface area (Å²) in [7, 11) is 2.78. The third-order valence-electron chi connectivity index (χ3n) is 4.11. The molecule has 1 aromatic carbocycles. The lowest BCUT2D eigenvalue weighted by atomic mass is 10.00. The molecule has 1 aliphatic rings. The quantitative estimate of drug-likeness (QED) is 0.888. The van der Waals surface area contributed by atoms with E-state index in [0.29, 0.717) is 12.0 Å². The van der Waals surface area contributed by atoms with Crippen LogP contribution in [-0.4, -0.2) is 15.7 Å². The van der Waals surface area contributed by atoms with Crippen LogP contribution in [-0.2, 0) is 14.1 Å². The fourth-order valence-corrected chi connectivity index (χ4v) is 2.82. The van der Waals surface area contributed by atoms with E-state index < -0.39 is 17.1 Å². The maximum absolute atomic E-state index is 13.9. The lowest BCUT2D eigenvalue weighted by Gasteiger charge is -2.28. The highest BCUT2D eigenvalue weighted by atomic mass is 19.1. The SMILES string of the molecule is Cn1c(N[C@H]2CCOc3c(F)cccc32)c(C#N)c(=O)n(C)c1=O. The highest BCUT2D eigenvalue weighted by Crippen LogP contribution is 2.36. The molecule has 1 aliphatic heterocycles. The Morgan fingerprint density at radius 1 is 1.33 bits per heavy atom. The molecule has 3 rings (SSSR count). The number of aromatic nitrogens is 2. The van der Waals surface area contributed by atoms with Crippen LogP contribution < -0.4 is 21.3 Å². The molecule has 0 saturated heterocycles. The molecule has 0 saturated carbocycles. The van der Waals surface area contributed by atoms with E-state index in [1.807, 2.05) is 6.07 Å². The van der Waals surface area contributed by atoms with E-state index in [9.17, 15) is 19.2 Å². The maximum Gasteiger partial charge on any atom is 0.332 e. The lowest BCUT2D eigenvalue weighted by molar-refractivity contribution is 0.260. The highest BCUT2D eigenvalue weighted by molar-refractivity contribution is 5.54. The molecule has 2 aromatic rings. The Kier molecular flexibility index (Phi) is 3.85. The zero-order valence-electron chi connectivity index (χ0n) is 13.2. The summed E-state index contributed by atoms with van der Waals surface area (Å²) < 4.78 is 21.3. The van der Waals surface area contributed by atoms with E-state index in [2.05, 4.69) is 5.32 Å². The first-order valence-electron chi connectivity index (χ1n) is 7.33. The van der Waals surface area contributed by atoms with Gasteiger partial charge in [-0.15, -0.1) is 0 Å². The Morgan fingerprint density at radius 3 is 2.79 bits per heavy atom. The van der Waals surface area contributed by atoms with Crippen LogP contribution in [0.5, 0.6) is 5.75 Å². The summed E-state index contributed by atoms with van der Waals surface area (Å²) in [5, 5.41) is 12.3. The smallest absolute Gasteiger partial charge is 0.332 e. The number of fused-ring (bicyclic) bond motifs is 1. The van der Waals surface area contributed by atoms with E-state index in [-0.39, 0.29) is 29.8 Å². The topological polar surface area (TPSA) is 89.1 Å². The van der Waals surface area contributed by atoms with Gasteiger partial charge in [-0.3, -0.25) is 13.9 Å². The molecule has 0 unspecified atom stereocenters. The van der Waals surface area contributed by atoms with E-state index >= 15 is 0 Å². The number of hydrogen-bond donors (Lipinski definition) is 1. The second kappa shape index (κ2) is 5.85. The normalized spacial score (nSPS) is 16.0. The van der Waals surface area contributed by atoms with Crippen LogP contribution >= 0.6 is 0 Å². The van der Waals surface area contributed by atoms with Gasteiger partial charge < -0.3 is 10.1 Å². The van der Waals surface area contributed by atoms with E-state index in [1.165, 1.54) is 24.7 Å². The molecule has 0 radical (unpaired) electrons. The van der Waals surface area contributed by atoms with Crippen LogP contribution in [0, 0.1) is 17.1 Å². The standard InChI is InChI=1S/C16H15FN4O3/c1-20-14(10(8-18)15(22)21(2)16(20)23)19-12-6-7-24-13-9(12)4-3-5-11(13)17/h3-5,12,19H,6-7H2,1-2H3/t12-/m0/s1. The monoisotopic (exact) mass is 330 g/mol. The number of halogens is 1. The Bertz CT molecular complexity index is 971. The number of nitrogens with one attached hydrogen (secondary N) is 1. The number of nitriles is 1. The van der Waals surface area contributed by atoms with Gasteiger partial charge in [-0.05, 0) is 6.07 Å². The van der Waals surface area contributed by atoms with Crippen molar-refractivity contribution in [3.8, 4) is 11.8 Å². The molecule has 8 heteroatoms. The molecule has 0 amide bonds. The van der Waals surface area contributed by atoms with Gasteiger partial charge >= 0.3 is 5.69 Å². The highest BCUT2D eigenvalue weighted by Gasteiger charge is 2.26. The maximum atomic E-state index is 13.9. The van der Waals surface area contributed by atoms with Crippen molar-refractivity contribution in [3.63, 3.8) is 0 Å². The third-order valence-corrected chi connectivity index (χ3v) is 4.11. The number of benzene rings is 1. The van der Waals surface area contributed by atoms with Crippen molar-refractivity contribution in [2.75, 3.05) is 11.9 Å². The Morgan fingerprint density at radius 2 is 2.08 bits per heavy atom. The molecular weight excluding hydrogens is 315 g/mol. The molecule has 0 bridgehead atoms. The molecular formula is C16H15FN4O3. The van der Waals surface area contributed by atoms with Crippen LogP contribution in [0.25, 0.3) is 0 Å². The van der Waals surface area contributed by atoms with Crippen molar-refractivity contribution in [1.29, 1.82) is 5.26 Å². The van der Waals surface area contributed by atoms with E-state index in [1.54, 1.807) is 12.1 Å². The number of anilines is 1. The summed E-state index contributed by atoms with van der Waals surface area (Å²) in [5.74, 6) is -0.210. The number of para-hydroxylation sites is 1. The van der Waals surface area contributed by atoms with Crippen molar-refractivity contribution in [3.05, 3.63) is 56.0 Å². The van der Waals surface area contributed by atoms with Crippen LogP contribution in [0.1, 0.15) is 23.6 Å². The third kappa shape index (κ3) is 2.34. The number of hydrogen-bond acceptors (Lipinski definition) is 5. The van der Waals surface area contributed by atoms with E-state index in [0.717, 1.165) is 4.57 Å². The van der Waals surface area contributed by atoms with Gasteiger partial charge in [-0.1, -0.05) is 12.1 Å². The van der Waals surface area contributed by atoms with Gasteiger partial charge in [0.2, 0.25) is 0 Å². The van der Waals surface area contributed by atoms with Gasteiger partial charge in [0.15, 0.2) is 17.1 Å². The lowest BCUT2D eigenvalue weighted by Crippen LogP contribution is -2.40. The predicted molar refractivity (Wildman–Crippen MR) is 84.5 cm³/mol. The number of rotatable bonds is 2. The zero-order chi connectivity index (χ0) is 17.4. The summed E-state index contributed by atoms with van der Waals surface area (Å²) in [6.07, 6.45) is 0.505. The first-order chi connectivity index (χ1) is 11.5. The van der Waals surface area contributed by atoms with Crippen molar-refractivity contribution >= 4 is 5.82 Å². The van der Waals surface area contributed by atoms with E-state index in [4.69, 9.17) is 4.74 Å². The Labute approximate surface area is 136 Å². The van der Waals surface area contributed by atoms with Crippen LogP contribution in [0.2, 0.25) is 0 Å². The van der Waals surface area contributed by atoms with Gasteiger partial charge in [0.05, 0.1) is 12.6 Å². The first kappa shape index (κ1) is 15.8. The van der Waals surface area contributed by atoms with Crippen LogP contribution in [0.4, 0.5) is 10.2 Å². The minimum Gasteiger partial charge on any atom is -0.490 e. The molecule has 0 spiro atoms. The molecule has 2 heterocycles. The predicted octanol–water partition coefficient (Wildman–Crippen LogP) is 1.03. The fourth-order valence-electron chi connectivity index (χ4n) is 2.82. The fraction of sp³-hybridized carbons (Fsp3) is 0.312. The van der Waals surface area contributed by atoms with Crippen molar-refractivity contribution < 1.29 is 9.13 Å². The summed E-state index contributed by atoms with van der Waals surface area (Å²) >= 11 is 0. The number of nitrogens with zero attached hydrogens (tertiary/aromatic N) is 3. The molecule has 1 aromatic heterocycles. The van der Waals surface area contributed by atoms with Gasteiger partial charge in [0.25, 0.3) is 5.56 Å². The summed E-state index contributed by atoms with van der Waals surface area (Å²) in [5.41, 5.74) is -0.801. The van der Waals surface area contributed by atoms with Crippen LogP contribution in [0.3, 0.4) is 0 Å². The Balaban J connectivity index is 2.12. The Hall–Kier alpha value is -3.08. The minimum absolute atomic E-state index is 0.118. The van der Waals surface area contributed by atoms with Crippen molar-refractivity contribution in [1.82, 2.24) is 9.13 Å². The molecule has 0 fully saturated rings. The average Bonchev–Trinajstić information content (AvgIpc) is 2.59. The first-order valence-corrected chi connectivity index (χ1v) is 7.33. The number of ether oxygens (including phenoxy) is 1. The van der Waals surface area contributed by atoms with Crippen molar-refractivity contribution in [2.45, 2.75) is 12.5 Å². The minimum atomic E-state index is -0.672. The molecule has 1 N–H and O–H groups in total. The summed E-state index contributed by atoms with van der Waals surface area (Å²) in [6.45, 7) is 0.284. The largest absolute Gasteiger partial charge is 0.490 e.